The van der Waals surface area contributed by atoms with Gasteiger partial charge in [-0.05, 0) is 18.1 Å². The Morgan fingerprint density at radius 2 is 1.90 bits per heavy atom. The van der Waals surface area contributed by atoms with Crippen LogP contribution in [0.2, 0.25) is 0 Å². The molecule has 3 rings (SSSR count). The highest BCUT2D eigenvalue weighted by Crippen LogP contribution is 2.30. The summed E-state index contributed by atoms with van der Waals surface area (Å²) in [6.07, 6.45) is 4.27. The van der Waals surface area contributed by atoms with Crippen molar-refractivity contribution in [2.75, 3.05) is 0 Å². The van der Waals surface area contributed by atoms with Crippen LogP contribution < -0.4 is 0 Å². The van der Waals surface area contributed by atoms with E-state index in [4.69, 9.17) is 10.7 Å². The van der Waals surface area contributed by atoms with Crippen molar-refractivity contribution in [1.82, 2.24) is 14.8 Å². The molecule has 20 heavy (non-hydrogen) atoms. The summed E-state index contributed by atoms with van der Waals surface area (Å²) < 4.78 is 24.8. The van der Waals surface area contributed by atoms with Crippen molar-refractivity contribution in [1.29, 1.82) is 0 Å². The van der Waals surface area contributed by atoms with Crippen molar-refractivity contribution < 1.29 is 8.42 Å². The van der Waals surface area contributed by atoms with Crippen molar-refractivity contribution in [2.45, 2.75) is 30.8 Å². The van der Waals surface area contributed by atoms with Crippen molar-refractivity contribution in [3.05, 3.63) is 36.2 Å². The lowest BCUT2D eigenvalue weighted by atomic mass is 9.83. The summed E-state index contributed by atoms with van der Waals surface area (Å²) in [5.41, 5.74) is 0.714. The lowest BCUT2D eigenvalue weighted by Gasteiger charge is -2.24. The first-order chi connectivity index (χ1) is 9.55. The van der Waals surface area contributed by atoms with E-state index in [1.165, 1.54) is 6.42 Å². The lowest BCUT2D eigenvalue weighted by molar-refractivity contribution is 0.307. The molecule has 1 aliphatic rings. The summed E-state index contributed by atoms with van der Waals surface area (Å²) in [4.78, 5) is 0. The third kappa shape index (κ3) is 2.58. The Labute approximate surface area is 122 Å². The summed E-state index contributed by atoms with van der Waals surface area (Å²) in [5, 5.41) is 7.59. The van der Waals surface area contributed by atoms with Gasteiger partial charge in [-0.2, -0.15) is 0 Å². The second-order valence-corrected chi connectivity index (χ2v) is 7.47. The molecule has 0 saturated heterocycles. The molecule has 1 heterocycles. The third-order valence-electron chi connectivity index (χ3n) is 3.63. The average molecular weight is 312 g/mol. The molecule has 2 aromatic rings. The largest absolute Gasteiger partial charge is 0.297 e. The van der Waals surface area contributed by atoms with Crippen LogP contribution in [0, 0.1) is 5.92 Å². The Morgan fingerprint density at radius 3 is 2.45 bits per heavy atom. The van der Waals surface area contributed by atoms with E-state index in [9.17, 15) is 8.42 Å². The van der Waals surface area contributed by atoms with Crippen molar-refractivity contribution in [3.8, 4) is 5.69 Å². The average Bonchev–Trinajstić information content (AvgIpc) is 2.78. The first-order valence-electron chi connectivity index (χ1n) is 6.50. The SMILES string of the molecule is O=S(=O)(Cl)c1nnc(CC2CCC2)n1-c1ccccc1. The molecule has 0 spiro atoms. The quantitative estimate of drug-likeness (QED) is 0.814. The van der Waals surface area contributed by atoms with E-state index in [-0.39, 0.29) is 5.16 Å². The van der Waals surface area contributed by atoms with Crippen LogP contribution in [-0.2, 0) is 15.5 Å². The van der Waals surface area contributed by atoms with Crippen LogP contribution in [0.1, 0.15) is 25.1 Å². The van der Waals surface area contributed by atoms with Crippen LogP contribution in [0.5, 0.6) is 0 Å². The van der Waals surface area contributed by atoms with Crippen molar-refractivity contribution in [2.24, 2.45) is 5.92 Å². The van der Waals surface area contributed by atoms with Gasteiger partial charge in [-0.3, -0.25) is 4.57 Å². The highest BCUT2D eigenvalue weighted by atomic mass is 35.7. The molecular formula is C13H14ClN3O2S. The second kappa shape index (κ2) is 5.18. The number of hydrogen-bond donors (Lipinski definition) is 0. The van der Waals surface area contributed by atoms with Gasteiger partial charge in [0.25, 0.3) is 14.2 Å². The molecule has 0 amide bonds. The van der Waals surface area contributed by atoms with Gasteiger partial charge < -0.3 is 0 Å². The fourth-order valence-corrected chi connectivity index (χ4v) is 3.25. The number of benzene rings is 1. The smallest absolute Gasteiger partial charge is 0.269 e. The maximum absolute atomic E-state index is 11.7. The fraction of sp³-hybridized carbons (Fsp3) is 0.385. The number of aromatic nitrogens is 3. The van der Waals surface area contributed by atoms with Crippen LogP contribution in [0.4, 0.5) is 0 Å². The van der Waals surface area contributed by atoms with Gasteiger partial charge in [-0.15, -0.1) is 10.2 Å². The van der Waals surface area contributed by atoms with E-state index in [0.29, 0.717) is 17.4 Å². The first-order valence-corrected chi connectivity index (χ1v) is 8.81. The Kier molecular flexibility index (Phi) is 3.52. The Morgan fingerprint density at radius 1 is 1.20 bits per heavy atom. The highest BCUT2D eigenvalue weighted by molar-refractivity contribution is 8.13. The van der Waals surface area contributed by atoms with Gasteiger partial charge in [-0.25, -0.2) is 8.42 Å². The van der Waals surface area contributed by atoms with Crippen LogP contribution in [-0.4, -0.2) is 23.2 Å². The molecule has 0 atom stereocenters. The molecule has 1 aromatic heterocycles. The van der Waals surface area contributed by atoms with Gasteiger partial charge in [0.2, 0.25) is 0 Å². The molecule has 106 valence electrons. The van der Waals surface area contributed by atoms with E-state index in [0.717, 1.165) is 19.3 Å². The van der Waals surface area contributed by atoms with E-state index in [2.05, 4.69) is 10.2 Å². The minimum atomic E-state index is -3.92. The Balaban J connectivity index is 2.09. The summed E-state index contributed by atoms with van der Waals surface area (Å²) in [7, 11) is 1.54. The topological polar surface area (TPSA) is 64.8 Å². The van der Waals surface area contributed by atoms with Crippen molar-refractivity contribution in [3.63, 3.8) is 0 Å². The number of hydrogen-bond acceptors (Lipinski definition) is 4. The fourth-order valence-electron chi connectivity index (χ4n) is 2.38. The molecule has 5 nitrogen and oxygen atoms in total. The molecule has 0 radical (unpaired) electrons. The summed E-state index contributed by atoms with van der Waals surface area (Å²) in [5.74, 6) is 1.22. The van der Waals surface area contributed by atoms with Gasteiger partial charge in [0.05, 0.1) is 0 Å². The Hall–Kier alpha value is -1.40. The zero-order valence-corrected chi connectivity index (χ0v) is 12.3. The van der Waals surface area contributed by atoms with Crippen LogP contribution in [0.25, 0.3) is 5.69 Å². The monoisotopic (exact) mass is 311 g/mol. The van der Waals surface area contributed by atoms with Crippen LogP contribution in [0.15, 0.2) is 35.5 Å². The Bertz CT molecular complexity index is 708. The molecule has 0 aliphatic heterocycles. The maximum atomic E-state index is 11.7. The summed E-state index contributed by atoms with van der Waals surface area (Å²) >= 11 is 0. The molecule has 1 aromatic carbocycles. The van der Waals surface area contributed by atoms with Gasteiger partial charge in [0.15, 0.2) is 0 Å². The first kappa shape index (κ1) is 13.6. The lowest BCUT2D eigenvalue weighted by Crippen LogP contribution is -2.17. The highest BCUT2D eigenvalue weighted by Gasteiger charge is 2.27. The van der Waals surface area contributed by atoms with E-state index in [1.807, 2.05) is 30.3 Å². The zero-order valence-electron chi connectivity index (χ0n) is 10.7. The molecule has 1 fully saturated rings. The maximum Gasteiger partial charge on any atom is 0.297 e. The normalized spacial score (nSPS) is 16.1. The summed E-state index contributed by atoms with van der Waals surface area (Å²) in [6, 6.07) is 9.19. The molecule has 0 unspecified atom stereocenters. The number of para-hydroxylation sites is 1. The van der Waals surface area contributed by atoms with Crippen LogP contribution >= 0.6 is 10.7 Å². The molecule has 0 N–H and O–H groups in total. The number of halogens is 1. The minimum Gasteiger partial charge on any atom is -0.269 e. The number of nitrogens with zero attached hydrogens (tertiary/aromatic N) is 3. The van der Waals surface area contributed by atoms with Crippen LogP contribution in [0.3, 0.4) is 0 Å². The van der Waals surface area contributed by atoms with E-state index in [1.54, 1.807) is 4.57 Å². The predicted octanol–water partition coefficient (Wildman–Crippen LogP) is 2.54. The van der Waals surface area contributed by atoms with E-state index >= 15 is 0 Å². The molecule has 1 saturated carbocycles. The summed E-state index contributed by atoms with van der Waals surface area (Å²) in [6.45, 7) is 0. The standard InChI is InChI=1S/C13H14ClN3O2S/c14-20(18,19)13-16-15-12(9-10-5-4-6-10)17(13)11-7-2-1-3-8-11/h1-3,7-8,10H,4-6,9H2. The third-order valence-corrected chi connectivity index (χ3v) is 4.74. The van der Waals surface area contributed by atoms with Gasteiger partial charge in [-0.1, -0.05) is 37.5 Å². The zero-order chi connectivity index (χ0) is 14.2. The molecule has 0 bridgehead atoms. The van der Waals surface area contributed by atoms with Crippen molar-refractivity contribution >= 4 is 19.7 Å². The van der Waals surface area contributed by atoms with Gasteiger partial charge >= 0.3 is 0 Å². The minimum absolute atomic E-state index is 0.209. The van der Waals surface area contributed by atoms with Gasteiger partial charge in [0.1, 0.15) is 5.82 Å². The molecule has 1 aliphatic carbocycles. The second-order valence-electron chi connectivity index (χ2n) is 5.01. The molecule has 7 heteroatoms. The van der Waals surface area contributed by atoms with E-state index < -0.39 is 9.05 Å². The predicted molar refractivity (Wildman–Crippen MR) is 75.4 cm³/mol. The molecular weight excluding hydrogens is 298 g/mol. The number of rotatable bonds is 4. The van der Waals surface area contributed by atoms with Gasteiger partial charge in [0, 0.05) is 22.8 Å².